The number of ether oxygens (including phenoxy) is 2. The van der Waals surface area contributed by atoms with Gasteiger partial charge in [0.1, 0.15) is 18.5 Å². The predicted molar refractivity (Wildman–Crippen MR) is 148 cm³/mol. The van der Waals surface area contributed by atoms with Crippen LogP contribution in [0, 0.1) is 56.7 Å². The van der Waals surface area contributed by atoms with Crippen LogP contribution in [0.2, 0.25) is 0 Å². The molecule has 218 valence electrons. The van der Waals surface area contributed by atoms with Crippen LogP contribution in [-0.2, 0) is 23.9 Å². The van der Waals surface area contributed by atoms with Crippen molar-refractivity contribution in [1.82, 2.24) is 0 Å². The summed E-state index contributed by atoms with van der Waals surface area (Å²) in [4.78, 5) is 38.2. The molecule has 1 N–H and O–H groups in total. The molecule has 0 aromatic carbocycles. The van der Waals surface area contributed by atoms with E-state index in [9.17, 15) is 19.5 Å². The molecule has 4 fully saturated rings. The Morgan fingerprint density at radius 2 is 1.72 bits per heavy atom. The predicted octanol–water partition coefficient (Wildman–Crippen LogP) is 5.90. The minimum absolute atomic E-state index is 0.00677. The number of hydrogen-bond donors (Lipinski definition) is 1. The number of aliphatic hydroxyl groups excluding tert-OH is 1. The molecule has 0 aromatic heterocycles. The molecule has 5 rings (SSSR count). The zero-order valence-electron chi connectivity index (χ0n) is 25.3. The van der Waals surface area contributed by atoms with E-state index >= 15 is 0 Å². The van der Waals surface area contributed by atoms with E-state index in [1.807, 2.05) is 6.92 Å². The number of carbonyl (C=O) groups excluding carboxylic acids is 3. The van der Waals surface area contributed by atoms with Gasteiger partial charge < -0.3 is 19.4 Å². The Hall–Kier alpha value is -1.69. The third kappa shape index (κ3) is 3.58. The molecule has 0 saturated heterocycles. The quantitative estimate of drug-likeness (QED) is 0.271. The highest BCUT2D eigenvalue weighted by Crippen LogP contribution is 2.75. The number of aliphatic hydroxyl groups is 1. The molecule has 6 nitrogen and oxygen atoms in total. The summed E-state index contributed by atoms with van der Waals surface area (Å²) in [6.45, 7) is 15.1. The highest BCUT2D eigenvalue weighted by atomic mass is 16.6. The molecule has 0 aliphatic heterocycles. The third-order valence-corrected chi connectivity index (χ3v) is 13.8. The van der Waals surface area contributed by atoms with Crippen molar-refractivity contribution in [3.63, 3.8) is 0 Å². The first-order valence-corrected chi connectivity index (χ1v) is 15.3. The van der Waals surface area contributed by atoms with Gasteiger partial charge in [0, 0.05) is 6.92 Å². The molecular weight excluding hydrogens is 492 g/mol. The van der Waals surface area contributed by atoms with Crippen LogP contribution in [0.5, 0.6) is 0 Å². The zero-order chi connectivity index (χ0) is 28.8. The maximum atomic E-state index is 13.5. The van der Waals surface area contributed by atoms with E-state index in [1.165, 1.54) is 12.5 Å². The lowest BCUT2D eigenvalue weighted by Crippen LogP contribution is -2.68. The van der Waals surface area contributed by atoms with Crippen LogP contribution in [0.3, 0.4) is 0 Å². The Labute approximate surface area is 234 Å². The van der Waals surface area contributed by atoms with E-state index in [2.05, 4.69) is 40.7 Å². The van der Waals surface area contributed by atoms with Crippen molar-refractivity contribution in [3.8, 4) is 0 Å². The molecular formula is C33H50O6. The Kier molecular flexibility index (Phi) is 6.77. The molecule has 5 aliphatic carbocycles. The van der Waals surface area contributed by atoms with Crippen LogP contribution in [0.15, 0.2) is 11.6 Å². The number of hydrogen-bond acceptors (Lipinski definition) is 6. The summed E-state index contributed by atoms with van der Waals surface area (Å²) in [6, 6.07) is 0. The largest absolute Gasteiger partial charge is 0.469 e. The van der Waals surface area contributed by atoms with Crippen LogP contribution in [0.1, 0.15) is 99.8 Å². The average molecular weight is 543 g/mol. The fourth-order valence-electron chi connectivity index (χ4n) is 11.3. The lowest BCUT2D eigenvalue weighted by molar-refractivity contribution is -0.235. The van der Waals surface area contributed by atoms with Gasteiger partial charge in [0.25, 0.3) is 0 Å². The molecule has 39 heavy (non-hydrogen) atoms. The SMILES string of the molecule is COC(=O)[C@]12CC[C@@H](C)[C@H](C)[C@H]1C1=CC[C@@H]3[C@@]4(C)CC(OC(C)=O)C(O)C(C)(C=O)C4CC[C@@]3(C)[C@]1(C)CC2. The van der Waals surface area contributed by atoms with E-state index in [-0.39, 0.29) is 40.0 Å². The van der Waals surface area contributed by atoms with Gasteiger partial charge in [-0.15, -0.1) is 0 Å². The van der Waals surface area contributed by atoms with Crippen LogP contribution >= 0.6 is 0 Å². The van der Waals surface area contributed by atoms with E-state index in [4.69, 9.17) is 9.47 Å². The molecule has 12 atom stereocenters. The minimum Gasteiger partial charge on any atom is -0.469 e. The van der Waals surface area contributed by atoms with Crippen LogP contribution in [0.25, 0.3) is 0 Å². The maximum Gasteiger partial charge on any atom is 0.312 e. The number of allylic oxidation sites excluding steroid dienone is 2. The Bertz CT molecular complexity index is 1080. The van der Waals surface area contributed by atoms with Gasteiger partial charge in [0.05, 0.1) is 17.9 Å². The topological polar surface area (TPSA) is 89.9 Å². The van der Waals surface area contributed by atoms with Crippen molar-refractivity contribution in [2.24, 2.45) is 56.7 Å². The Morgan fingerprint density at radius 1 is 1.03 bits per heavy atom. The second-order valence-electron chi connectivity index (χ2n) is 15.1. The fourth-order valence-corrected chi connectivity index (χ4v) is 11.3. The third-order valence-electron chi connectivity index (χ3n) is 13.8. The number of carbonyl (C=O) groups is 3. The van der Waals surface area contributed by atoms with Gasteiger partial charge in [0.2, 0.25) is 0 Å². The van der Waals surface area contributed by atoms with Gasteiger partial charge in [-0.1, -0.05) is 46.3 Å². The second kappa shape index (κ2) is 9.16. The van der Waals surface area contributed by atoms with Crippen molar-refractivity contribution in [2.75, 3.05) is 7.11 Å². The van der Waals surface area contributed by atoms with E-state index in [0.29, 0.717) is 18.3 Å². The monoisotopic (exact) mass is 542 g/mol. The highest BCUT2D eigenvalue weighted by Gasteiger charge is 2.71. The Morgan fingerprint density at radius 3 is 2.33 bits per heavy atom. The number of rotatable bonds is 3. The standard InChI is InChI=1S/C33H50O6/c1-19-11-14-33(28(37)38-8)16-15-31(6)22(26(33)20(19)2)9-10-25-29(4)17-23(39-21(3)35)27(36)30(5,18-34)24(29)12-13-32(25,31)7/h9,18-20,23-27,36H,10-17H2,1-8H3/t19-,20+,23?,24?,25-,26+,27?,29+,30?,31-,32-,33+/m1/s1. The highest BCUT2D eigenvalue weighted by molar-refractivity contribution is 5.78. The minimum atomic E-state index is -1.01. The van der Waals surface area contributed by atoms with E-state index in [0.717, 1.165) is 51.2 Å². The van der Waals surface area contributed by atoms with Crippen molar-refractivity contribution in [1.29, 1.82) is 0 Å². The molecule has 0 radical (unpaired) electrons. The van der Waals surface area contributed by atoms with Crippen molar-refractivity contribution >= 4 is 18.2 Å². The molecule has 0 bridgehead atoms. The van der Waals surface area contributed by atoms with Crippen molar-refractivity contribution in [2.45, 2.75) is 112 Å². The molecule has 0 amide bonds. The van der Waals surface area contributed by atoms with Crippen LogP contribution in [-0.4, -0.2) is 42.6 Å². The Balaban J connectivity index is 1.62. The number of esters is 2. The molecule has 0 heterocycles. The maximum absolute atomic E-state index is 13.5. The van der Waals surface area contributed by atoms with Gasteiger partial charge >= 0.3 is 11.9 Å². The normalized spacial score (nSPS) is 52.6. The van der Waals surface area contributed by atoms with E-state index < -0.39 is 29.0 Å². The molecule has 4 saturated carbocycles. The molecule has 6 heteroatoms. The summed E-state index contributed by atoms with van der Waals surface area (Å²) in [7, 11) is 1.54. The van der Waals surface area contributed by atoms with Gasteiger partial charge in [-0.25, -0.2) is 0 Å². The smallest absolute Gasteiger partial charge is 0.312 e. The lowest BCUT2D eigenvalue weighted by atomic mass is 9.33. The molecule has 0 aromatic rings. The average Bonchev–Trinajstić information content (AvgIpc) is 2.88. The second-order valence-corrected chi connectivity index (χ2v) is 15.1. The number of methoxy groups -OCH3 is 1. The van der Waals surface area contributed by atoms with Crippen LogP contribution < -0.4 is 0 Å². The summed E-state index contributed by atoms with van der Waals surface area (Å²) in [5, 5.41) is 11.3. The summed E-state index contributed by atoms with van der Waals surface area (Å²) >= 11 is 0. The van der Waals surface area contributed by atoms with Gasteiger partial charge in [0.15, 0.2) is 0 Å². The van der Waals surface area contributed by atoms with Gasteiger partial charge in [-0.2, -0.15) is 0 Å². The number of fused-ring (bicyclic) bond motifs is 7. The lowest BCUT2D eigenvalue weighted by Gasteiger charge is -2.71. The molecule has 0 spiro atoms. The van der Waals surface area contributed by atoms with Gasteiger partial charge in [-0.3, -0.25) is 9.59 Å². The first-order chi connectivity index (χ1) is 18.2. The first kappa shape index (κ1) is 28.8. The molecule has 5 aliphatic rings. The van der Waals surface area contributed by atoms with Crippen molar-refractivity contribution in [3.05, 3.63) is 11.6 Å². The molecule has 4 unspecified atom stereocenters. The summed E-state index contributed by atoms with van der Waals surface area (Å²) < 4.78 is 11.2. The summed E-state index contributed by atoms with van der Waals surface area (Å²) in [5.41, 5.74) is -0.361. The van der Waals surface area contributed by atoms with E-state index in [1.54, 1.807) is 7.11 Å². The summed E-state index contributed by atoms with van der Waals surface area (Å²) in [6.07, 6.45) is 8.70. The fraction of sp³-hybridized carbons (Fsp3) is 0.848. The number of aldehydes is 1. The first-order valence-electron chi connectivity index (χ1n) is 15.3. The zero-order valence-corrected chi connectivity index (χ0v) is 25.3. The van der Waals surface area contributed by atoms with Gasteiger partial charge in [-0.05, 0) is 104 Å². The van der Waals surface area contributed by atoms with Crippen molar-refractivity contribution < 1.29 is 29.0 Å². The van der Waals surface area contributed by atoms with Crippen LogP contribution in [0.4, 0.5) is 0 Å². The summed E-state index contributed by atoms with van der Waals surface area (Å²) in [5.74, 6) is 0.941.